The van der Waals surface area contributed by atoms with Crippen molar-refractivity contribution in [2.45, 2.75) is 6.92 Å². The van der Waals surface area contributed by atoms with E-state index in [1.54, 1.807) is 30.1 Å². The predicted molar refractivity (Wildman–Crippen MR) is 60.0 cm³/mol. The van der Waals surface area contributed by atoms with E-state index in [-0.39, 0.29) is 5.78 Å². The molecule has 0 aliphatic carbocycles. The molecule has 2 rings (SSSR count). The normalized spacial score (nSPS) is 11.1. The van der Waals surface area contributed by atoms with Crippen LogP contribution in [-0.2, 0) is 7.05 Å². The van der Waals surface area contributed by atoms with Gasteiger partial charge in [-0.1, -0.05) is 0 Å². The van der Waals surface area contributed by atoms with E-state index in [0.29, 0.717) is 11.5 Å². The van der Waals surface area contributed by atoms with Gasteiger partial charge in [-0.3, -0.25) is 9.48 Å². The van der Waals surface area contributed by atoms with Gasteiger partial charge in [-0.15, -0.1) is 0 Å². The SMILES string of the molecule is Cc1ccc(/C=C/C(=O)c2ccn(C)n2)o1. The Bertz CT molecular complexity index is 535. The maximum absolute atomic E-state index is 11.6. The van der Waals surface area contributed by atoms with Gasteiger partial charge >= 0.3 is 0 Å². The number of furan rings is 1. The highest BCUT2D eigenvalue weighted by Gasteiger charge is 2.04. The molecule has 2 heterocycles. The number of carbonyl (C=O) groups excluding carboxylic acids is 1. The lowest BCUT2D eigenvalue weighted by molar-refractivity contribution is 0.104. The van der Waals surface area contributed by atoms with Gasteiger partial charge in [0.05, 0.1) is 0 Å². The summed E-state index contributed by atoms with van der Waals surface area (Å²) in [5.74, 6) is 1.36. The van der Waals surface area contributed by atoms with Crippen LogP contribution in [-0.4, -0.2) is 15.6 Å². The van der Waals surface area contributed by atoms with Crippen LogP contribution in [0.2, 0.25) is 0 Å². The largest absolute Gasteiger partial charge is 0.462 e. The molecular formula is C12H12N2O2. The van der Waals surface area contributed by atoms with Crippen LogP contribution in [0.3, 0.4) is 0 Å². The molecule has 0 spiro atoms. The molecule has 0 saturated heterocycles. The first-order valence-corrected chi connectivity index (χ1v) is 4.93. The van der Waals surface area contributed by atoms with E-state index in [1.807, 2.05) is 19.1 Å². The summed E-state index contributed by atoms with van der Waals surface area (Å²) in [5, 5.41) is 4.01. The van der Waals surface area contributed by atoms with E-state index in [1.165, 1.54) is 6.08 Å². The molecule has 0 atom stereocenters. The van der Waals surface area contributed by atoms with Crippen molar-refractivity contribution >= 4 is 11.9 Å². The maximum atomic E-state index is 11.6. The summed E-state index contributed by atoms with van der Waals surface area (Å²) >= 11 is 0. The molecule has 16 heavy (non-hydrogen) atoms. The van der Waals surface area contributed by atoms with Crippen LogP contribution >= 0.6 is 0 Å². The molecule has 0 radical (unpaired) electrons. The monoisotopic (exact) mass is 216 g/mol. The van der Waals surface area contributed by atoms with E-state index in [9.17, 15) is 4.79 Å². The van der Waals surface area contributed by atoms with Gasteiger partial charge in [-0.2, -0.15) is 5.10 Å². The van der Waals surface area contributed by atoms with Crippen LogP contribution in [0, 0.1) is 6.92 Å². The van der Waals surface area contributed by atoms with Crippen molar-refractivity contribution in [1.82, 2.24) is 9.78 Å². The average Bonchev–Trinajstić information content (AvgIpc) is 2.84. The second kappa shape index (κ2) is 4.18. The molecule has 4 heteroatoms. The van der Waals surface area contributed by atoms with Gasteiger partial charge in [0, 0.05) is 13.2 Å². The summed E-state index contributed by atoms with van der Waals surface area (Å²) < 4.78 is 6.91. The first kappa shape index (κ1) is 10.4. The number of hydrogen-bond acceptors (Lipinski definition) is 3. The Morgan fingerprint density at radius 3 is 2.81 bits per heavy atom. The molecule has 0 unspecified atom stereocenters. The second-order valence-corrected chi connectivity index (χ2v) is 3.52. The highest BCUT2D eigenvalue weighted by atomic mass is 16.3. The van der Waals surface area contributed by atoms with Gasteiger partial charge in [-0.25, -0.2) is 0 Å². The number of ketones is 1. The molecule has 2 aromatic heterocycles. The smallest absolute Gasteiger partial charge is 0.206 e. The minimum absolute atomic E-state index is 0.130. The first-order chi connectivity index (χ1) is 7.65. The minimum Gasteiger partial charge on any atom is -0.462 e. The van der Waals surface area contributed by atoms with E-state index < -0.39 is 0 Å². The fourth-order valence-electron chi connectivity index (χ4n) is 1.33. The number of allylic oxidation sites excluding steroid dienone is 1. The summed E-state index contributed by atoms with van der Waals surface area (Å²) in [6.07, 6.45) is 4.84. The molecule has 0 saturated carbocycles. The van der Waals surface area contributed by atoms with Crippen molar-refractivity contribution in [3.05, 3.63) is 47.7 Å². The zero-order chi connectivity index (χ0) is 11.5. The van der Waals surface area contributed by atoms with Crippen LogP contribution in [0.4, 0.5) is 0 Å². The van der Waals surface area contributed by atoms with Crippen LogP contribution in [0.5, 0.6) is 0 Å². The summed E-state index contributed by atoms with van der Waals surface area (Å²) in [4.78, 5) is 11.6. The van der Waals surface area contributed by atoms with Crippen molar-refractivity contribution in [3.8, 4) is 0 Å². The van der Waals surface area contributed by atoms with Crippen LogP contribution in [0.1, 0.15) is 22.0 Å². The van der Waals surface area contributed by atoms with Crippen molar-refractivity contribution < 1.29 is 9.21 Å². The number of aryl methyl sites for hydroxylation is 2. The van der Waals surface area contributed by atoms with E-state index in [4.69, 9.17) is 4.42 Å². The molecule has 2 aromatic rings. The highest BCUT2D eigenvalue weighted by molar-refractivity contribution is 6.05. The Morgan fingerprint density at radius 2 is 2.25 bits per heavy atom. The van der Waals surface area contributed by atoms with Crippen molar-refractivity contribution in [2.24, 2.45) is 7.05 Å². The first-order valence-electron chi connectivity index (χ1n) is 4.93. The van der Waals surface area contributed by atoms with Gasteiger partial charge in [0.1, 0.15) is 17.2 Å². The van der Waals surface area contributed by atoms with Crippen molar-refractivity contribution in [3.63, 3.8) is 0 Å². The zero-order valence-corrected chi connectivity index (χ0v) is 9.18. The summed E-state index contributed by atoms with van der Waals surface area (Å²) in [6.45, 7) is 1.86. The van der Waals surface area contributed by atoms with Gasteiger partial charge in [0.25, 0.3) is 0 Å². The number of rotatable bonds is 3. The third-order valence-corrected chi connectivity index (χ3v) is 2.13. The van der Waals surface area contributed by atoms with Gasteiger partial charge in [-0.05, 0) is 37.3 Å². The Morgan fingerprint density at radius 1 is 1.44 bits per heavy atom. The van der Waals surface area contributed by atoms with E-state index in [0.717, 1.165) is 5.76 Å². The molecule has 0 aliphatic rings. The standard InChI is InChI=1S/C12H12N2O2/c1-9-3-4-10(16-9)5-6-12(15)11-7-8-14(2)13-11/h3-8H,1-2H3/b6-5+. The minimum atomic E-state index is -0.130. The van der Waals surface area contributed by atoms with E-state index >= 15 is 0 Å². The van der Waals surface area contributed by atoms with Crippen LogP contribution < -0.4 is 0 Å². The number of hydrogen-bond donors (Lipinski definition) is 0. The topological polar surface area (TPSA) is 48.0 Å². The highest BCUT2D eigenvalue weighted by Crippen LogP contribution is 2.08. The molecule has 0 amide bonds. The molecular weight excluding hydrogens is 204 g/mol. The maximum Gasteiger partial charge on any atom is 0.206 e. The molecule has 0 aliphatic heterocycles. The zero-order valence-electron chi connectivity index (χ0n) is 9.18. The number of carbonyl (C=O) groups is 1. The molecule has 0 aromatic carbocycles. The number of aromatic nitrogens is 2. The summed E-state index contributed by atoms with van der Waals surface area (Å²) in [5.41, 5.74) is 0.432. The van der Waals surface area contributed by atoms with Gasteiger partial charge < -0.3 is 4.42 Å². The Balaban J connectivity index is 2.10. The van der Waals surface area contributed by atoms with Crippen LogP contribution in [0.25, 0.3) is 6.08 Å². The van der Waals surface area contributed by atoms with Crippen LogP contribution in [0.15, 0.2) is 34.9 Å². The summed E-state index contributed by atoms with van der Waals surface area (Å²) in [6, 6.07) is 5.35. The Hall–Kier alpha value is -2.10. The molecule has 0 bridgehead atoms. The molecule has 0 N–H and O–H groups in total. The van der Waals surface area contributed by atoms with Gasteiger partial charge in [0.2, 0.25) is 5.78 Å². The van der Waals surface area contributed by atoms with Crippen molar-refractivity contribution in [1.29, 1.82) is 0 Å². The number of nitrogens with zero attached hydrogens (tertiary/aromatic N) is 2. The van der Waals surface area contributed by atoms with Gasteiger partial charge in [0.15, 0.2) is 0 Å². The second-order valence-electron chi connectivity index (χ2n) is 3.52. The lowest BCUT2D eigenvalue weighted by Gasteiger charge is -1.88. The fourth-order valence-corrected chi connectivity index (χ4v) is 1.33. The quantitative estimate of drug-likeness (QED) is 0.583. The Kier molecular flexibility index (Phi) is 2.72. The average molecular weight is 216 g/mol. The van der Waals surface area contributed by atoms with Crippen molar-refractivity contribution in [2.75, 3.05) is 0 Å². The molecule has 82 valence electrons. The predicted octanol–water partition coefficient (Wildman–Crippen LogP) is 2.22. The third kappa shape index (κ3) is 2.28. The van der Waals surface area contributed by atoms with E-state index in [2.05, 4.69) is 5.10 Å². The molecule has 4 nitrogen and oxygen atoms in total. The summed E-state index contributed by atoms with van der Waals surface area (Å²) in [7, 11) is 1.77. The fraction of sp³-hybridized carbons (Fsp3) is 0.167. The lowest BCUT2D eigenvalue weighted by atomic mass is 10.2. The third-order valence-electron chi connectivity index (χ3n) is 2.13. The Labute approximate surface area is 93.2 Å². The molecule has 0 fully saturated rings. The lowest BCUT2D eigenvalue weighted by Crippen LogP contribution is -1.97.